The third-order valence-electron chi connectivity index (χ3n) is 4.18. The summed E-state index contributed by atoms with van der Waals surface area (Å²) in [6, 6.07) is 0.225. The van der Waals surface area contributed by atoms with Crippen LogP contribution in [0.1, 0.15) is 39.4 Å². The Kier molecular flexibility index (Phi) is 5.47. The summed E-state index contributed by atoms with van der Waals surface area (Å²) in [4.78, 5) is 22.4. The SMILES string of the molecule is Cn1ncnc1CNc1n[nH]c(NC2CCN(C(=O)OC(C)(C)C)CC2)n1. The third-order valence-corrected chi connectivity index (χ3v) is 4.18. The molecule has 3 heterocycles. The Morgan fingerprint density at radius 2 is 2.11 bits per heavy atom. The van der Waals surface area contributed by atoms with E-state index in [4.69, 9.17) is 4.74 Å². The summed E-state index contributed by atoms with van der Waals surface area (Å²) in [6.45, 7) is 7.41. The highest BCUT2D eigenvalue weighted by Gasteiger charge is 2.27. The molecule has 2 aromatic rings. The molecule has 27 heavy (non-hydrogen) atoms. The van der Waals surface area contributed by atoms with E-state index in [1.165, 1.54) is 6.33 Å². The Labute approximate surface area is 157 Å². The van der Waals surface area contributed by atoms with Gasteiger partial charge in [0.2, 0.25) is 11.9 Å². The maximum Gasteiger partial charge on any atom is 0.410 e. The summed E-state index contributed by atoms with van der Waals surface area (Å²) in [7, 11) is 1.83. The van der Waals surface area contributed by atoms with E-state index in [1.807, 2.05) is 27.8 Å². The van der Waals surface area contributed by atoms with E-state index in [1.54, 1.807) is 9.58 Å². The number of nitrogens with zero attached hydrogens (tertiary/aromatic N) is 6. The number of ether oxygens (including phenoxy) is 1. The van der Waals surface area contributed by atoms with Gasteiger partial charge in [0.05, 0.1) is 6.54 Å². The fraction of sp³-hybridized carbons (Fsp3) is 0.688. The molecule has 0 spiro atoms. The quantitative estimate of drug-likeness (QED) is 0.713. The fourth-order valence-corrected chi connectivity index (χ4v) is 2.77. The molecule has 1 amide bonds. The number of H-pyrrole nitrogens is 1. The molecule has 0 atom stereocenters. The van der Waals surface area contributed by atoms with Crippen LogP contribution in [0.25, 0.3) is 0 Å². The number of carbonyl (C=O) groups excluding carboxylic acids is 1. The zero-order valence-corrected chi connectivity index (χ0v) is 16.2. The Morgan fingerprint density at radius 3 is 2.74 bits per heavy atom. The minimum absolute atomic E-state index is 0.225. The minimum Gasteiger partial charge on any atom is -0.444 e. The molecule has 0 unspecified atom stereocenters. The number of carbonyl (C=O) groups is 1. The van der Waals surface area contributed by atoms with Gasteiger partial charge in [-0.05, 0) is 33.6 Å². The Balaban J connectivity index is 1.43. The van der Waals surface area contributed by atoms with E-state index < -0.39 is 5.60 Å². The summed E-state index contributed by atoms with van der Waals surface area (Å²) in [6.07, 6.45) is 2.89. The highest BCUT2D eigenvalue weighted by Crippen LogP contribution is 2.18. The lowest BCUT2D eigenvalue weighted by atomic mass is 10.1. The molecule has 1 fully saturated rings. The van der Waals surface area contributed by atoms with Gasteiger partial charge in [0.25, 0.3) is 0 Å². The molecule has 11 nitrogen and oxygen atoms in total. The zero-order chi connectivity index (χ0) is 19.4. The van der Waals surface area contributed by atoms with Crippen molar-refractivity contribution in [2.45, 2.75) is 51.8 Å². The van der Waals surface area contributed by atoms with Gasteiger partial charge >= 0.3 is 6.09 Å². The number of aromatic amines is 1. The number of aryl methyl sites for hydroxylation is 1. The normalized spacial score (nSPS) is 15.6. The third kappa shape index (κ3) is 5.31. The van der Waals surface area contributed by atoms with Crippen molar-refractivity contribution in [3.63, 3.8) is 0 Å². The van der Waals surface area contributed by atoms with E-state index in [0.717, 1.165) is 18.7 Å². The van der Waals surface area contributed by atoms with Gasteiger partial charge in [0.15, 0.2) is 0 Å². The summed E-state index contributed by atoms with van der Waals surface area (Å²) >= 11 is 0. The molecule has 0 bridgehead atoms. The molecule has 0 aliphatic carbocycles. The topological polar surface area (TPSA) is 126 Å². The average Bonchev–Trinajstić information content (AvgIpc) is 3.21. The van der Waals surface area contributed by atoms with Crippen LogP contribution >= 0.6 is 0 Å². The number of nitrogens with one attached hydrogen (secondary N) is 3. The van der Waals surface area contributed by atoms with Gasteiger partial charge < -0.3 is 20.3 Å². The molecular formula is C16H27N9O2. The Bertz CT molecular complexity index is 756. The van der Waals surface area contributed by atoms with Crippen molar-refractivity contribution < 1.29 is 9.53 Å². The van der Waals surface area contributed by atoms with Crippen molar-refractivity contribution in [2.24, 2.45) is 7.05 Å². The molecule has 3 rings (SSSR count). The second kappa shape index (κ2) is 7.80. The summed E-state index contributed by atoms with van der Waals surface area (Å²) < 4.78 is 7.11. The van der Waals surface area contributed by atoms with Gasteiger partial charge in [-0.3, -0.25) is 4.68 Å². The summed E-state index contributed by atoms with van der Waals surface area (Å²) in [5, 5.41) is 17.5. The molecule has 0 radical (unpaired) electrons. The highest BCUT2D eigenvalue weighted by atomic mass is 16.6. The molecular weight excluding hydrogens is 350 g/mol. The van der Waals surface area contributed by atoms with Crippen molar-refractivity contribution in [3.8, 4) is 0 Å². The van der Waals surface area contributed by atoms with E-state index in [2.05, 4.69) is 35.9 Å². The maximum atomic E-state index is 12.1. The second-order valence-corrected chi connectivity index (χ2v) is 7.55. The highest BCUT2D eigenvalue weighted by molar-refractivity contribution is 5.68. The first kappa shape index (κ1) is 18.9. The van der Waals surface area contributed by atoms with Crippen LogP contribution in [0.5, 0.6) is 0 Å². The standard InChI is InChI=1S/C16H27N9O2/c1-16(2,3)27-15(26)25-7-5-11(6-8-25)20-14-21-13(22-23-14)17-9-12-18-10-19-24(12)4/h10-11H,5-9H2,1-4H3,(H3,17,20,21,22,23). The molecule has 11 heteroatoms. The Hall–Kier alpha value is -2.85. The van der Waals surface area contributed by atoms with E-state index >= 15 is 0 Å². The molecule has 1 saturated heterocycles. The summed E-state index contributed by atoms with van der Waals surface area (Å²) in [5.74, 6) is 1.89. The molecule has 148 valence electrons. The van der Waals surface area contributed by atoms with Crippen LogP contribution in [0, 0.1) is 0 Å². The smallest absolute Gasteiger partial charge is 0.410 e. The lowest BCUT2D eigenvalue weighted by Crippen LogP contribution is -2.44. The lowest BCUT2D eigenvalue weighted by Gasteiger charge is -2.33. The molecule has 2 aromatic heterocycles. The first-order chi connectivity index (χ1) is 12.8. The molecule has 3 N–H and O–H groups in total. The molecule has 1 aliphatic heterocycles. The Morgan fingerprint density at radius 1 is 1.37 bits per heavy atom. The van der Waals surface area contributed by atoms with Crippen molar-refractivity contribution in [1.29, 1.82) is 0 Å². The number of hydrogen-bond donors (Lipinski definition) is 3. The van der Waals surface area contributed by atoms with Crippen LogP contribution < -0.4 is 10.6 Å². The van der Waals surface area contributed by atoms with Gasteiger partial charge in [0, 0.05) is 26.2 Å². The monoisotopic (exact) mass is 377 g/mol. The lowest BCUT2D eigenvalue weighted by molar-refractivity contribution is 0.0210. The van der Waals surface area contributed by atoms with E-state index in [0.29, 0.717) is 31.5 Å². The van der Waals surface area contributed by atoms with Gasteiger partial charge in [-0.2, -0.15) is 10.1 Å². The van der Waals surface area contributed by atoms with Gasteiger partial charge in [-0.1, -0.05) is 0 Å². The van der Waals surface area contributed by atoms with Crippen LogP contribution in [0.3, 0.4) is 0 Å². The zero-order valence-electron chi connectivity index (χ0n) is 16.2. The van der Waals surface area contributed by atoms with Crippen molar-refractivity contribution >= 4 is 18.0 Å². The predicted molar refractivity (Wildman–Crippen MR) is 99.2 cm³/mol. The van der Waals surface area contributed by atoms with Gasteiger partial charge in [-0.25, -0.2) is 14.9 Å². The first-order valence-electron chi connectivity index (χ1n) is 9.04. The van der Waals surface area contributed by atoms with E-state index in [9.17, 15) is 4.79 Å². The first-order valence-corrected chi connectivity index (χ1v) is 9.04. The second-order valence-electron chi connectivity index (χ2n) is 7.55. The fourth-order valence-electron chi connectivity index (χ4n) is 2.77. The van der Waals surface area contributed by atoms with E-state index in [-0.39, 0.29) is 12.1 Å². The van der Waals surface area contributed by atoms with Crippen LogP contribution in [-0.4, -0.2) is 65.7 Å². The summed E-state index contributed by atoms with van der Waals surface area (Å²) in [5.41, 5.74) is -0.472. The minimum atomic E-state index is -0.472. The number of aromatic nitrogens is 6. The number of amides is 1. The molecule has 0 aromatic carbocycles. The molecule has 1 aliphatic rings. The number of hydrogen-bond acceptors (Lipinski definition) is 8. The number of piperidine rings is 1. The predicted octanol–water partition coefficient (Wildman–Crippen LogP) is 1.36. The van der Waals surface area contributed by atoms with Crippen molar-refractivity contribution in [2.75, 3.05) is 23.7 Å². The number of likely N-dealkylation sites (tertiary alicyclic amines) is 1. The molecule has 0 saturated carbocycles. The van der Waals surface area contributed by atoms with Crippen molar-refractivity contribution in [3.05, 3.63) is 12.2 Å². The number of anilines is 2. The number of rotatable bonds is 5. The van der Waals surface area contributed by atoms with Gasteiger partial charge in [0.1, 0.15) is 17.8 Å². The van der Waals surface area contributed by atoms with Crippen LogP contribution in [0.2, 0.25) is 0 Å². The average molecular weight is 377 g/mol. The maximum absolute atomic E-state index is 12.1. The van der Waals surface area contributed by atoms with Crippen LogP contribution in [0.4, 0.5) is 16.7 Å². The largest absolute Gasteiger partial charge is 0.444 e. The van der Waals surface area contributed by atoms with Crippen LogP contribution in [0.15, 0.2) is 6.33 Å². The van der Waals surface area contributed by atoms with Crippen LogP contribution in [-0.2, 0) is 18.3 Å². The van der Waals surface area contributed by atoms with Gasteiger partial charge in [-0.15, -0.1) is 5.10 Å². The van der Waals surface area contributed by atoms with Crippen molar-refractivity contribution in [1.82, 2.24) is 34.8 Å².